The summed E-state index contributed by atoms with van der Waals surface area (Å²) in [5.41, 5.74) is 1.81. The van der Waals surface area contributed by atoms with Crippen LogP contribution in [0, 0.1) is 11.8 Å². The summed E-state index contributed by atoms with van der Waals surface area (Å²) < 4.78 is 0. The van der Waals surface area contributed by atoms with Crippen molar-refractivity contribution in [2.24, 2.45) is 0 Å². The number of amides is 2. The Labute approximate surface area is 107 Å². The molecule has 0 saturated carbocycles. The number of carbonyl (C=O) groups is 1. The van der Waals surface area contributed by atoms with Crippen LogP contribution < -0.4 is 10.6 Å². The number of nitrogens with one attached hydrogen (secondary N) is 2. The van der Waals surface area contributed by atoms with Gasteiger partial charge in [0.25, 0.3) is 0 Å². The van der Waals surface area contributed by atoms with Gasteiger partial charge in [0.05, 0.1) is 0 Å². The van der Waals surface area contributed by atoms with Crippen LogP contribution in [-0.4, -0.2) is 24.3 Å². The average Bonchev–Trinajstić information content (AvgIpc) is 2.41. The number of carbonyl (C=O) groups excluding carboxylic acids is 1. The normalized spacial score (nSPS) is 9.22. The lowest BCUT2D eigenvalue weighted by molar-refractivity contribution is 0.240. The van der Waals surface area contributed by atoms with Crippen molar-refractivity contribution in [3.8, 4) is 11.8 Å². The molecule has 0 unspecified atom stereocenters. The molecule has 0 aliphatic rings. The van der Waals surface area contributed by atoms with Gasteiger partial charge in [-0.15, -0.1) is 0 Å². The van der Waals surface area contributed by atoms with Crippen molar-refractivity contribution in [3.63, 3.8) is 0 Å². The molecule has 0 aromatic heterocycles. The van der Waals surface area contributed by atoms with Gasteiger partial charge in [-0.3, -0.25) is 0 Å². The first kappa shape index (κ1) is 14.1. The molecule has 0 spiro atoms. The predicted molar refractivity (Wildman–Crippen MR) is 70.9 cm³/mol. The fourth-order valence-electron chi connectivity index (χ4n) is 1.38. The van der Waals surface area contributed by atoms with E-state index in [2.05, 4.69) is 22.5 Å². The van der Waals surface area contributed by atoms with E-state index in [1.807, 2.05) is 31.2 Å². The third-order valence-electron chi connectivity index (χ3n) is 2.23. The molecule has 4 heteroatoms. The van der Waals surface area contributed by atoms with Crippen LogP contribution in [0.2, 0.25) is 0 Å². The fourth-order valence-corrected chi connectivity index (χ4v) is 1.38. The van der Waals surface area contributed by atoms with E-state index in [-0.39, 0.29) is 12.6 Å². The summed E-state index contributed by atoms with van der Waals surface area (Å²) in [6.07, 6.45) is 0.916. The number of hydrogen-bond acceptors (Lipinski definition) is 2. The molecule has 3 N–H and O–H groups in total. The van der Waals surface area contributed by atoms with Crippen LogP contribution in [0.5, 0.6) is 0 Å². The Hall–Kier alpha value is -1.99. The Bertz CT molecular complexity index is 447. The van der Waals surface area contributed by atoms with Gasteiger partial charge in [-0.2, -0.15) is 0 Å². The maximum atomic E-state index is 11.3. The minimum atomic E-state index is -0.163. The maximum absolute atomic E-state index is 11.3. The number of hydrogen-bond donors (Lipinski definition) is 3. The highest BCUT2D eigenvalue weighted by Gasteiger charge is 1.99. The van der Waals surface area contributed by atoms with Crippen molar-refractivity contribution >= 4 is 6.03 Å². The Morgan fingerprint density at radius 2 is 2.22 bits per heavy atom. The molecule has 1 aromatic carbocycles. The predicted octanol–water partition coefficient (Wildman–Crippen LogP) is 1.24. The number of urea groups is 1. The molecule has 0 atom stereocenters. The Kier molecular flexibility index (Phi) is 6.37. The standard InChI is InChI=1S/C14H18N2O2/c1-2-8-15-14(18)16-11-13-6-3-5-12(10-13)7-4-9-17/h3,5-6,10,17H,2,8-9,11H2,1H3,(H2,15,16,18). The van der Waals surface area contributed by atoms with E-state index in [4.69, 9.17) is 5.11 Å². The molecule has 0 heterocycles. The number of benzene rings is 1. The summed E-state index contributed by atoms with van der Waals surface area (Å²) in [5, 5.41) is 14.1. The van der Waals surface area contributed by atoms with Gasteiger partial charge in [0, 0.05) is 18.7 Å². The third-order valence-corrected chi connectivity index (χ3v) is 2.23. The van der Waals surface area contributed by atoms with Gasteiger partial charge in [-0.1, -0.05) is 30.9 Å². The molecule has 2 amide bonds. The molecule has 0 fully saturated rings. The van der Waals surface area contributed by atoms with Gasteiger partial charge in [0.15, 0.2) is 0 Å². The molecule has 4 nitrogen and oxygen atoms in total. The SMILES string of the molecule is CCCNC(=O)NCc1cccc(C#CCO)c1. The molecule has 18 heavy (non-hydrogen) atoms. The van der Waals surface area contributed by atoms with Crippen molar-refractivity contribution in [2.45, 2.75) is 19.9 Å². The fraction of sp³-hybridized carbons (Fsp3) is 0.357. The van der Waals surface area contributed by atoms with Gasteiger partial charge in [0.1, 0.15) is 6.61 Å². The van der Waals surface area contributed by atoms with Gasteiger partial charge < -0.3 is 15.7 Å². The Morgan fingerprint density at radius 3 is 2.94 bits per heavy atom. The van der Waals surface area contributed by atoms with Crippen molar-refractivity contribution in [1.82, 2.24) is 10.6 Å². The Balaban J connectivity index is 2.49. The summed E-state index contributed by atoms with van der Waals surface area (Å²) in [6.45, 7) is 2.99. The number of rotatable bonds is 4. The van der Waals surface area contributed by atoms with E-state index >= 15 is 0 Å². The van der Waals surface area contributed by atoms with Crippen LogP contribution >= 0.6 is 0 Å². The van der Waals surface area contributed by atoms with E-state index in [9.17, 15) is 4.79 Å². The second-order valence-electron chi connectivity index (χ2n) is 3.77. The van der Waals surface area contributed by atoms with Crippen LogP contribution in [0.3, 0.4) is 0 Å². The molecule has 0 saturated heterocycles. The van der Waals surface area contributed by atoms with Crippen LogP contribution in [0.4, 0.5) is 4.79 Å². The third kappa shape index (κ3) is 5.37. The zero-order chi connectivity index (χ0) is 13.2. The monoisotopic (exact) mass is 246 g/mol. The van der Waals surface area contributed by atoms with Gasteiger partial charge >= 0.3 is 6.03 Å². The summed E-state index contributed by atoms with van der Waals surface area (Å²) in [5.74, 6) is 5.42. The molecule has 0 aliphatic carbocycles. The minimum absolute atomic E-state index is 0.151. The van der Waals surface area contributed by atoms with Crippen molar-refractivity contribution in [1.29, 1.82) is 0 Å². The summed E-state index contributed by atoms with van der Waals surface area (Å²) in [4.78, 5) is 11.3. The maximum Gasteiger partial charge on any atom is 0.315 e. The number of aliphatic hydroxyl groups excluding tert-OH is 1. The Morgan fingerprint density at radius 1 is 1.39 bits per heavy atom. The minimum Gasteiger partial charge on any atom is -0.384 e. The first-order valence-corrected chi connectivity index (χ1v) is 5.96. The molecule has 96 valence electrons. The highest BCUT2D eigenvalue weighted by atomic mass is 16.2. The van der Waals surface area contributed by atoms with E-state index < -0.39 is 0 Å². The highest BCUT2D eigenvalue weighted by molar-refractivity contribution is 5.73. The van der Waals surface area contributed by atoms with Crippen LogP contribution in [0.15, 0.2) is 24.3 Å². The summed E-state index contributed by atoms with van der Waals surface area (Å²) >= 11 is 0. The average molecular weight is 246 g/mol. The second kappa shape index (κ2) is 8.15. The zero-order valence-electron chi connectivity index (χ0n) is 10.5. The summed E-state index contributed by atoms with van der Waals surface area (Å²) in [7, 11) is 0. The summed E-state index contributed by atoms with van der Waals surface area (Å²) in [6, 6.07) is 7.39. The molecule has 1 aromatic rings. The van der Waals surface area contributed by atoms with Gasteiger partial charge in [-0.25, -0.2) is 4.79 Å². The highest BCUT2D eigenvalue weighted by Crippen LogP contribution is 2.03. The van der Waals surface area contributed by atoms with E-state index in [0.717, 1.165) is 17.5 Å². The van der Waals surface area contributed by atoms with Crippen LogP contribution in [-0.2, 0) is 6.54 Å². The molecule has 1 rings (SSSR count). The smallest absolute Gasteiger partial charge is 0.315 e. The van der Waals surface area contributed by atoms with E-state index in [0.29, 0.717) is 13.1 Å². The van der Waals surface area contributed by atoms with Crippen molar-refractivity contribution in [3.05, 3.63) is 35.4 Å². The number of aliphatic hydroxyl groups is 1. The van der Waals surface area contributed by atoms with Crippen molar-refractivity contribution < 1.29 is 9.90 Å². The lowest BCUT2D eigenvalue weighted by atomic mass is 10.1. The molecular formula is C14H18N2O2. The van der Waals surface area contributed by atoms with Crippen LogP contribution in [0.1, 0.15) is 24.5 Å². The lowest BCUT2D eigenvalue weighted by Crippen LogP contribution is -2.35. The molecular weight excluding hydrogens is 228 g/mol. The molecule has 0 aliphatic heterocycles. The topological polar surface area (TPSA) is 61.4 Å². The second-order valence-corrected chi connectivity index (χ2v) is 3.77. The quantitative estimate of drug-likeness (QED) is 0.700. The molecule has 0 radical (unpaired) electrons. The first-order chi connectivity index (χ1) is 8.76. The van der Waals surface area contributed by atoms with Gasteiger partial charge in [-0.05, 0) is 24.1 Å². The zero-order valence-corrected chi connectivity index (χ0v) is 10.5. The van der Waals surface area contributed by atoms with Crippen molar-refractivity contribution in [2.75, 3.05) is 13.2 Å². The molecule has 0 bridgehead atoms. The largest absolute Gasteiger partial charge is 0.384 e. The van der Waals surface area contributed by atoms with Crippen LogP contribution in [0.25, 0.3) is 0 Å². The van der Waals surface area contributed by atoms with E-state index in [1.165, 1.54) is 0 Å². The first-order valence-electron chi connectivity index (χ1n) is 5.96. The van der Waals surface area contributed by atoms with E-state index in [1.54, 1.807) is 0 Å². The lowest BCUT2D eigenvalue weighted by Gasteiger charge is -2.06. The van der Waals surface area contributed by atoms with Gasteiger partial charge in [0.2, 0.25) is 0 Å².